The summed E-state index contributed by atoms with van der Waals surface area (Å²) in [6, 6.07) is 7.81. The Morgan fingerprint density at radius 3 is 3.00 bits per heavy atom. The first-order valence-electron chi connectivity index (χ1n) is 5.16. The predicted octanol–water partition coefficient (Wildman–Crippen LogP) is 2.10. The zero-order valence-electron chi connectivity index (χ0n) is 8.64. The summed E-state index contributed by atoms with van der Waals surface area (Å²) in [5, 5.41) is 8.90. The lowest BCUT2D eigenvalue weighted by Gasteiger charge is -2.28. The number of benzene rings is 1. The Hall–Kier alpha value is -1.51. The van der Waals surface area contributed by atoms with Crippen molar-refractivity contribution in [3.8, 4) is 5.75 Å². The number of carboxylic acid groups (broad SMARTS) is 1. The van der Waals surface area contributed by atoms with Gasteiger partial charge < -0.3 is 9.84 Å². The van der Waals surface area contributed by atoms with Gasteiger partial charge in [0.15, 0.2) is 0 Å². The van der Waals surface area contributed by atoms with Crippen molar-refractivity contribution in [1.82, 2.24) is 0 Å². The van der Waals surface area contributed by atoms with Gasteiger partial charge in [-0.1, -0.05) is 18.2 Å². The molecule has 1 aromatic carbocycles. The number of rotatable bonds is 2. The molecule has 0 saturated heterocycles. The maximum Gasteiger partial charge on any atom is 0.309 e. The van der Waals surface area contributed by atoms with E-state index in [1.54, 1.807) is 6.92 Å². The Labute approximate surface area is 88.7 Å². The molecule has 0 radical (unpaired) electrons. The first-order chi connectivity index (χ1) is 7.18. The predicted molar refractivity (Wildman–Crippen MR) is 56.0 cm³/mol. The third kappa shape index (κ3) is 1.96. The van der Waals surface area contributed by atoms with Crippen LogP contribution in [0, 0.1) is 5.92 Å². The van der Waals surface area contributed by atoms with Crippen LogP contribution < -0.4 is 4.74 Å². The van der Waals surface area contributed by atoms with Crippen molar-refractivity contribution in [3.05, 3.63) is 29.8 Å². The number of para-hydroxylation sites is 1. The third-order valence-corrected chi connectivity index (χ3v) is 2.90. The molecule has 1 aliphatic heterocycles. The second kappa shape index (κ2) is 3.93. The molecule has 2 rings (SSSR count). The van der Waals surface area contributed by atoms with Crippen LogP contribution in [0.25, 0.3) is 0 Å². The van der Waals surface area contributed by atoms with Gasteiger partial charge in [0.1, 0.15) is 11.9 Å². The lowest BCUT2D eigenvalue weighted by atomic mass is 9.94. The SMILES string of the molecule is CC(C(=O)O)C1CCc2ccccc2O1. The van der Waals surface area contributed by atoms with Gasteiger partial charge in [-0.25, -0.2) is 0 Å². The Morgan fingerprint density at radius 2 is 2.27 bits per heavy atom. The van der Waals surface area contributed by atoms with Gasteiger partial charge in [-0.15, -0.1) is 0 Å². The molecule has 3 nitrogen and oxygen atoms in total. The number of fused-ring (bicyclic) bond motifs is 1. The van der Waals surface area contributed by atoms with Crippen LogP contribution in [-0.2, 0) is 11.2 Å². The van der Waals surface area contributed by atoms with Gasteiger partial charge in [-0.2, -0.15) is 0 Å². The summed E-state index contributed by atoms with van der Waals surface area (Å²) >= 11 is 0. The van der Waals surface area contributed by atoms with E-state index in [2.05, 4.69) is 0 Å². The molecular formula is C12H14O3. The largest absolute Gasteiger partial charge is 0.489 e. The molecule has 2 unspecified atom stereocenters. The van der Waals surface area contributed by atoms with Crippen molar-refractivity contribution >= 4 is 5.97 Å². The van der Waals surface area contributed by atoms with Crippen LogP contribution in [0.1, 0.15) is 18.9 Å². The lowest BCUT2D eigenvalue weighted by Crippen LogP contribution is -2.33. The molecule has 1 aromatic rings. The van der Waals surface area contributed by atoms with Gasteiger partial charge in [0, 0.05) is 0 Å². The number of aliphatic carboxylic acids is 1. The molecule has 0 spiro atoms. The van der Waals surface area contributed by atoms with Gasteiger partial charge >= 0.3 is 5.97 Å². The molecule has 1 aliphatic rings. The quantitative estimate of drug-likeness (QED) is 0.806. The molecule has 0 amide bonds. The minimum Gasteiger partial charge on any atom is -0.489 e. The molecule has 2 atom stereocenters. The van der Waals surface area contributed by atoms with Crippen LogP contribution in [0.3, 0.4) is 0 Å². The highest BCUT2D eigenvalue weighted by Crippen LogP contribution is 2.29. The van der Waals surface area contributed by atoms with Crippen molar-refractivity contribution < 1.29 is 14.6 Å². The highest BCUT2D eigenvalue weighted by Gasteiger charge is 2.28. The first kappa shape index (κ1) is 10.0. The van der Waals surface area contributed by atoms with Gasteiger partial charge in [0.25, 0.3) is 0 Å². The number of hydrogen-bond acceptors (Lipinski definition) is 2. The van der Waals surface area contributed by atoms with E-state index >= 15 is 0 Å². The molecule has 15 heavy (non-hydrogen) atoms. The van der Waals surface area contributed by atoms with Gasteiger partial charge in [0.05, 0.1) is 5.92 Å². The highest BCUT2D eigenvalue weighted by molar-refractivity contribution is 5.70. The zero-order chi connectivity index (χ0) is 10.8. The monoisotopic (exact) mass is 206 g/mol. The second-order valence-corrected chi connectivity index (χ2v) is 3.93. The minimum absolute atomic E-state index is 0.197. The maximum atomic E-state index is 10.8. The summed E-state index contributed by atoms with van der Waals surface area (Å²) in [6.07, 6.45) is 1.49. The summed E-state index contributed by atoms with van der Waals surface area (Å²) in [4.78, 5) is 10.8. The third-order valence-electron chi connectivity index (χ3n) is 2.90. The summed E-state index contributed by atoms with van der Waals surface area (Å²) < 4.78 is 5.67. The van der Waals surface area contributed by atoms with E-state index in [1.807, 2.05) is 24.3 Å². The number of aryl methyl sites for hydroxylation is 1. The normalized spacial score (nSPS) is 21.3. The van der Waals surface area contributed by atoms with Crippen LogP contribution >= 0.6 is 0 Å². The van der Waals surface area contributed by atoms with Crippen LogP contribution in [0.4, 0.5) is 0 Å². The summed E-state index contributed by atoms with van der Waals surface area (Å²) in [5.41, 5.74) is 1.17. The minimum atomic E-state index is -0.792. The highest BCUT2D eigenvalue weighted by atomic mass is 16.5. The van der Waals surface area contributed by atoms with Crippen molar-refractivity contribution in [2.24, 2.45) is 5.92 Å². The van der Waals surface area contributed by atoms with Crippen molar-refractivity contribution in [1.29, 1.82) is 0 Å². The van der Waals surface area contributed by atoms with Crippen molar-refractivity contribution in [3.63, 3.8) is 0 Å². The van der Waals surface area contributed by atoms with Gasteiger partial charge in [-0.05, 0) is 31.4 Å². The average molecular weight is 206 g/mol. The molecule has 1 N–H and O–H groups in total. The van der Waals surface area contributed by atoms with Crippen LogP contribution in [0.15, 0.2) is 24.3 Å². The van der Waals surface area contributed by atoms with Gasteiger partial charge in [0.2, 0.25) is 0 Å². The molecule has 0 saturated carbocycles. The number of ether oxygens (including phenoxy) is 1. The van der Waals surface area contributed by atoms with E-state index in [1.165, 1.54) is 5.56 Å². The Kier molecular flexibility index (Phi) is 2.62. The zero-order valence-corrected chi connectivity index (χ0v) is 8.64. The summed E-state index contributed by atoms with van der Waals surface area (Å²) in [5.74, 6) is -0.403. The smallest absolute Gasteiger partial charge is 0.309 e. The molecule has 0 aliphatic carbocycles. The molecular weight excluding hydrogens is 192 g/mol. The molecule has 0 fully saturated rings. The number of hydrogen-bond donors (Lipinski definition) is 1. The fraction of sp³-hybridized carbons (Fsp3) is 0.417. The van der Waals surface area contributed by atoms with E-state index in [-0.39, 0.29) is 6.10 Å². The topological polar surface area (TPSA) is 46.5 Å². The summed E-state index contributed by atoms with van der Waals surface area (Å²) in [6.45, 7) is 1.70. The lowest BCUT2D eigenvalue weighted by molar-refractivity contribution is -0.144. The maximum absolute atomic E-state index is 10.8. The van der Waals surface area contributed by atoms with Gasteiger partial charge in [-0.3, -0.25) is 4.79 Å². The number of carboxylic acids is 1. The van der Waals surface area contributed by atoms with Crippen molar-refractivity contribution in [2.75, 3.05) is 0 Å². The van der Waals surface area contributed by atoms with E-state index in [0.29, 0.717) is 0 Å². The second-order valence-electron chi connectivity index (χ2n) is 3.93. The standard InChI is InChI=1S/C12H14O3/c1-8(12(13)14)10-7-6-9-4-2-3-5-11(9)15-10/h2-5,8,10H,6-7H2,1H3,(H,13,14). The first-order valence-corrected chi connectivity index (χ1v) is 5.16. The van der Waals surface area contributed by atoms with E-state index < -0.39 is 11.9 Å². The van der Waals surface area contributed by atoms with Crippen LogP contribution in [0.5, 0.6) is 5.75 Å². The molecule has 80 valence electrons. The Balaban J connectivity index is 2.15. The summed E-state index contributed by atoms with van der Waals surface area (Å²) in [7, 11) is 0. The van der Waals surface area contributed by atoms with E-state index in [9.17, 15) is 4.79 Å². The van der Waals surface area contributed by atoms with Crippen molar-refractivity contribution in [2.45, 2.75) is 25.9 Å². The molecule has 1 heterocycles. The Morgan fingerprint density at radius 1 is 1.53 bits per heavy atom. The Bertz CT molecular complexity index is 373. The average Bonchev–Trinajstić information content (AvgIpc) is 2.27. The fourth-order valence-electron chi connectivity index (χ4n) is 1.86. The molecule has 3 heteroatoms. The fourth-order valence-corrected chi connectivity index (χ4v) is 1.86. The molecule has 0 aromatic heterocycles. The van der Waals surface area contributed by atoms with Crippen LogP contribution in [0.2, 0.25) is 0 Å². The van der Waals surface area contributed by atoms with E-state index in [0.717, 1.165) is 18.6 Å². The van der Waals surface area contributed by atoms with Crippen LogP contribution in [-0.4, -0.2) is 17.2 Å². The van der Waals surface area contributed by atoms with E-state index in [4.69, 9.17) is 9.84 Å². The molecule has 0 bridgehead atoms. The number of carbonyl (C=O) groups is 1.